The number of hydrogen-bond acceptors (Lipinski definition) is 4. The fraction of sp³-hybridized carbons (Fsp3) is 0.333. The number of rotatable bonds is 3. The molecule has 0 aliphatic carbocycles. The van der Waals surface area contributed by atoms with Crippen LogP contribution in [-0.4, -0.2) is 19.3 Å². The molecule has 2 atom stereocenters. The van der Waals surface area contributed by atoms with Crippen LogP contribution >= 0.6 is 0 Å². The maximum absolute atomic E-state index is 10.1. The van der Waals surface area contributed by atoms with E-state index in [1.807, 2.05) is 31.2 Å². The van der Waals surface area contributed by atoms with Crippen LogP contribution < -0.4 is 14.2 Å². The zero-order valence-corrected chi connectivity index (χ0v) is 13.2. The summed E-state index contributed by atoms with van der Waals surface area (Å²) in [5.41, 5.74) is 2.93. The van der Waals surface area contributed by atoms with Crippen molar-refractivity contribution in [3.05, 3.63) is 47.0 Å². The molecule has 1 aliphatic heterocycles. The van der Waals surface area contributed by atoms with Crippen molar-refractivity contribution in [2.75, 3.05) is 14.2 Å². The molecule has 0 spiro atoms. The topological polar surface area (TPSA) is 47.9 Å². The molecular weight excluding hydrogens is 280 g/mol. The number of benzene rings is 2. The molecule has 0 saturated heterocycles. The molecule has 0 radical (unpaired) electrons. The number of phenols is 1. The minimum Gasteiger partial charge on any atom is -0.508 e. The lowest BCUT2D eigenvalue weighted by molar-refractivity contribution is 0.208. The molecular formula is C18H20O4. The molecule has 0 fully saturated rings. The van der Waals surface area contributed by atoms with E-state index < -0.39 is 0 Å². The Hall–Kier alpha value is -2.36. The van der Waals surface area contributed by atoms with E-state index in [0.29, 0.717) is 5.75 Å². The zero-order chi connectivity index (χ0) is 15.9. The number of aromatic hydroxyl groups is 1. The SMILES string of the molecule is COc1ccc([C@@H]2Oc3c(OC)cc(O)c(C)c3[C@H]2C)cc1. The van der Waals surface area contributed by atoms with E-state index in [1.165, 1.54) is 0 Å². The average molecular weight is 300 g/mol. The molecule has 1 aliphatic rings. The van der Waals surface area contributed by atoms with Crippen LogP contribution in [0.5, 0.6) is 23.0 Å². The van der Waals surface area contributed by atoms with Crippen LogP contribution in [0.1, 0.15) is 35.6 Å². The second-order valence-corrected chi connectivity index (χ2v) is 5.57. The molecule has 0 saturated carbocycles. The fourth-order valence-electron chi connectivity index (χ4n) is 3.09. The smallest absolute Gasteiger partial charge is 0.166 e. The van der Waals surface area contributed by atoms with Gasteiger partial charge >= 0.3 is 0 Å². The Morgan fingerprint density at radius 1 is 1.09 bits per heavy atom. The second kappa shape index (κ2) is 5.44. The van der Waals surface area contributed by atoms with Crippen LogP contribution in [0.25, 0.3) is 0 Å². The highest BCUT2D eigenvalue weighted by Crippen LogP contribution is 2.53. The summed E-state index contributed by atoms with van der Waals surface area (Å²) in [4.78, 5) is 0. The third kappa shape index (κ3) is 2.15. The predicted octanol–water partition coefficient (Wildman–Crippen LogP) is 3.96. The molecule has 0 unspecified atom stereocenters. The first-order chi connectivity index (χ1) is 10.6. The van der Waals surface area contributed by atoms with Crippen LogP contribution in [0.2, 0.25) is 0 Å². The number of hydrogen-bond donors (Lipinski definition) is 1. The van der Waals surface area contributed by atoms with Gasteiger partial charge in [0, 0.05) is 17.5 Å². The van der Waals surface area contributed by atoms with Crippen molar-refractivity contribution in [2.45, 2.75) is 25.9 Å². The van der Waals surface area contributed by atoms with Gasteiger partial charge in [0.2, 0.25) is 0 Å². The van der Waals surface area contributed by atoms with Crippen molar-refractivity contribution in [3.8, 4) is 23.0 Å². The molecule has 0 bridgehead atoms. The lowest BCUT2D eigenvalue weighted by Gasteiger charge is -2.16. The molecule has 0 amide bonds. The second-order valence-electron chi connectivity index (χ2n) is 5.57. The Morgan fingerprint density at radius 2 is 1.77 bits per heavy atom. The van der Waals surface area contributed by atoms with Crippen molar-refractivity contribution in [3.63, 3.8) is 0 Å². The monoisotopic (exact) mass is 300 g/mol. The Bertz CT molecular complexity index is 691. The van der Waals surface area contributed by atoms with Gasteiger partial charge in [0.1, 0.15) is 17.6 Å². The van der Waals surface area contributed by atoms with E-state index in [4.69, 9.17) is 14.2 Å². The Balaban J connectivity index is 2.03. The van der Waals surface area contributed by atoms with Crippen molar-refractivity contribution in [1.29, 1.82) is 0 Å². The molecule has 2 aromatic rings. The van der Waals surface area contributed by atoms with Crippen LogP contribution in [0.3, 0.4) is 0 Å². The van der Waals surface area contributed by atoms with E-state index >= 15 is 0 Å². The predicted molar refractivity (Wildman–Crippen MR) is 84.2 cm³/mol. The summed E-state index contributed by atoms with van der Waals surface area (Å²) >= 11 is 0. The van der Waals surface area contributed by atoms with Gasteiger partial charge in [-0.05, 0) is 30.2 Å². The molecule has 22 heavy (non-hydrogen) atoms. The molecule has 4 heteroatoms. The summed E-state index contributed by atoms with van der Waals surface area (Å²) < 4.78 is 16.7. The van der Waals surface area contributed by atoms with Crippen molar-refractivity contribution in [1.82, 2.24) is 0 Å². The number of ether oxygens (including phenoxy) is 3. The lowest BCUT2D eigenvalue weighted by Crippen LogP contribution is -2.07. The highest BCUT2D eigenvalue weighted by atomic mass is 16.5. The fourth-order valence-corrected chi connectivity index (χ4v) is 3.09. The first-order valence-electron chi connectivity index (χ1n) is 7.27. The molecule has 116 valence electrons. The maximum Gasteiger partial charge on any atom is 0.166 e. The Kier molecular flexibility index (Phi) is 3.61. The van der Waals surface area contributed by atoms with Gasteiger partial charge in [0.05, 0.1) is 14.2 Å². The van der Waals surface area contributed by atoms with Crippen molar-refractivity contribution < 1.29 is 19.3 Å². The van der Waals surface area contributed by atoms with Crippen LogP contribution in [-0.2, 0) is 0 Å². The first kappa shape index (κ1) is 14.6. The van der Waals surface area contributed by atoms with E-state index in [-0.39, 0.29) is 17.8 Å². The van der Waals surface area contributed by atoms with Crippen molar-refractivity contribution in [2.24, 2.45) is 0 Å². The molecule has 2 aromatic carbocycles. The van der Waals surface area contributed by atoms with E-state index in [0.717, 1.165) is 28.2 Å². The largest absolute Gasteiger partial charge is 0.508 e. The molecule has 1 N–H and O–H groups in total. The summed E-state index contributed by atoms with van der Waals surface area (Å²) in [5, 5.41) is 10.1. The van der Waals surface area contributed by atoms with Gasteiger partial charge in [-0.1, -0.05) is 19.1 Å². The van der Waals surface area contributed by atoms with Crippen LogP contribution in [0, 0.1) is 6.92 Å². The zero-order valence-electron chi connectivity index (χ0n) is 13.2. The molecule has 4 nitrogen and oxygen atoms in total. The molecule has 0 aromatic heterocycles. The third-order valence-corrected chi connectivity index (χ3v) is 4.34. The maximum atomic E-state index is 10.1. The average Bonchev–Trinajstić information content (AvgIpc) is 2.89. The number of methoxy groups -OCH3 is 2. The van der Waals surface area contributed by atoms with E-state index in [2.05, 4.69) is 6.92 Å². The third-order valence-electron chi connectivity index (χ3n) is 4.34. The summed E-state index contributed by atoms with van der Waals surface area (Å²) in [6.07, 6.45) is -0.102. The van der Waals surface area contributed by atoms with Gasteiger partial charge in [-0.25, -0.2) is 0 Å². The summed E-state index contributed by atoms with van der Waals surface area (Å²) in [6.45, 7) is 4.01. The lowest BCUT2D eigenvalue weighted by atomic mass is 9.89. The van der Waals surface area contributed by atoms with Gasteiger partial charge in [-0.2, -0.15) is 0 Å². The summed E-state index contributed by atoms with van der Waals surface area (Å²) in [7, 11) is 3.23. The van der Waals surface area contributed by atoms with Gasteiger partial charge in [-0.15, -0.1) is 0 Å². The van der Waals surface area contributed by atoms with Gasteiger partial charge < -0.3 is 19.3 Å². The highest BCUT2D eigenvalue weighted by Gasteiger charge is 2.36. The first-order valence-corrected chi connectivity index (χ1v) is 7.27. The van der Waals surface area contributed by atoms with Gasteiger partial charge in [0.15, 0.2) is 11.5 Å². The van der Waals surface area contributed by atoms with Crippen molar-refractivity contribution >= 4 is 0 Å². The minimum absolute atomic E-state index is 0.102. The quantitative estimate of drug-likeness (QED) is 0.932. The summed E-state index contributed by atoms with van der Waals surface area (Å²) in [6, 6.07) is 9.48. The Morgan fingerprint density at radius 3 is 2.36 bits per heavy atom. The van der Waals surface area contributed by atoms with Crippen LogP contribution in [0.15, 0.2) is 30.3 Å². The standard InChI is InChI=1S/C18H20O4/c1-10-14(19)9-15(21-4)18-16(10)11(2)17(22-18)12-5-7-13(20-3)8-6-12/h5-9,11,17,19H,1-4H3/t11-,17-/m1/s1. The highest BCUT2D eigenvalue weighted by molar-refractivity contribution is 5.60. The van der Waals surface area contributed by atoms with E-state index in [1.54, 1.807) is 20.3 Å². The summed E-state index contributed by atoms with van der Waals surface area (Å²) in [5.74, 6) is 2.48. The molecule has 3 rings (SSSR count). The number of phenolic OH excluding ortho intramolecular Hbond substituents is 1. The van der Waals surface area contributed by atoms with Crippen LogP contribution in [0.4, 0.5) is 0 Å². The van der Waals surface area contributed by atoms with Gasteiger partial charge in [-0.3, -0.25) is 0 Å². The molecule has 1 heterocycles. The normalized spacial score (nSPS) is 19.5. The van der Waals surface area contributed by atoms with E-state index in [9.17, 15) is 5.11 Å². The Labute approximate surface area is 130 Å². The minimum atomic E-state index is -0.102. The number of fused-ring (bicyclic) bond motifs is 1. The van der Waals surface area contributed by atoms with Gasteiger partial charge in [0.25, 0.3) is 0 Å².